The molecule has 0 saturated carbocycles. The van der Waals surface area contributed by atoms with Crippen molar-refractivity contribution in [1.82, 2.24) is 14.9 Å². The van der Waals surface area contributed by atoms with Crippen LogP contribution in [0.5, 0.6) is 5.75 Å². The monoisotopic (exact) mass is 373 g/mol. The molecule has 136 valence electrons. The van der Waals surface area contributed by atoms with Gasteiger partial charge in [0.1, 0.15) is 5.75 Å². The maximum Gasteiger partial charge on any atom is 0.242 e. The average molecular weight is 373 g/mol. The minimum Gasteiger partial charge on any atom is -0.497 e. The van der Waals surface area contributed by atoms with Gasteiger partial charge in [0, 0.05) is 5.56 Å². The van der Waals surface area contributed by atoms with Crippen LogP contribution < -0.4 is 9.46 Å². The molecular formula is C18H19N3O4S. The Labute approximate surface area is 152 Å². The summed E-state index contributed by atoms with van der Waals surface area (Å²) in [5.74, 6) is 1.21. The van der Waals surface area contributed by atoms with Crippen LogP contribution in [0.3, 0.4) is 0 Å². The lowest BCUT2D eigenvalue weighted by Gasteiger charge is -2.05. The van der Waals surface area contributed by atoms with E-state index in [4.69, 9.17) is 9.26 Å². The van der Waals surface area contributed by atoms with Gasteiger partial charge in [0.25, 0.3) is 0 Å². The second kappa shape index (κ2) is 7.67. The second-order valence-corrected chi connectivity index (χ2v) is 7.61. The molecule has 0 aliphatic rings. The van der Waals surface area contributed by atoms with Gasteiger partial charge in [0.2, 0.25) is 21.7 Å². The molecule has 3 rings (SSSR count). The summed E-state index contributed by atoms with van der Waals surface area (Å²) < 4.78 is 37.1. The van der Waals surface area contributed by atoms with Crippen molar-refractivity contribution in [3.63, 3.8) is 0 Å². The normalized spacial score (nSPS) is 11.5. The van der Waals surface area contributed by atoms with Gasteiger partial charge in [0.05, 0.1) is 19.4 Å². The van der Waals surface area contributed by atoms with Crippen molar-refractivity contribution in [2.75, 3.05) is 7.11 Å². The predicted molar refractivity (Wildman–Crippen MR) is 96.9 cm³/mol. The van der Waals surface area contributed by atoms with Gasteiger partial charge in [0.15, 0.2) is 0 Å². The second-order valence-electron chi connectivity index (χ2n) is 5.81. The first-order valence-corrected chi connectivity index (χ1v) is 9.60. The van der Waals surface area contributed by atoms with E-state index >= 15 is 0 Å². The molecule has 0 atom stereocenters. The van der Waals surface area contributed by atoms with E-state index in [1.807, 2.05) is 19.1 Å². The van der Waals surface area contributed by atoms with Gasteiger partial charge in [-0.05, 0) is 36.8 Å². The molecule has 2 aromatic carbocycles. The van der Waals surface area contributed by atoms with Crippen molar-refractivity contribution in [3.8, 4) is 17.1 Å². The lowest BCUT2D eigenvalue weighted by Crippen LogP contribution is -2.24. The predicted octanol–water partition coefficient (Wildman–Crippen LogP) is 2.67. The van der Waals surface area contributed by atoms with Crippen LogP contribution in [0.2, 0.25) is 0 Å². The van der Waals surface area contributed by atoms with E-state index in [1.54, 1.807) is 43.5 Å². The SMILES string of the molecule is COc1ccc(-c2noc(CNS(=O)(=O)Cc3ccc(C)cc3)n2)cc1. The maximum absolute atomic E-state index is 12.2. The smallest absolute Gasteiger partial charge is 0.242 e. The lowest BCUT2D eigenvalue weighted by atomic mass is 10.2. The van der Waals surface area contributed by atoms with E-state index < -0.39 is 10.0 Å². The number of rotatable bonds is 7. The summed E-state index contributed by atoms with van der Waals surface area (Å²) in [5, 5.41) is 3.87. The van der Waals surface area contributed by atoms with E-state index in [1.165, 1.54) is 0 Å². The molecule has 0 bridgehead atoms. The van der Waals surface area contributed by atoms with Crippen molar-refractivity contribution in [2.24, 2.45) is 0 Å². The Balaban J connectivity index is 1.62. The van der Waals surface area contributed by atoms with Crippen LogP contribution in [0.25, 0.3) is 11.4 Å². The van der Waals surface area contributed by atoms with Crippen LogP contribution in [-0.2, 0) is 22.3 Å². The van der Waals surface area contributed by atoms with Crippen LogP contribution in [0.4, 0.5) is 0 Å². The highest BCUT2D eigenvalue weighted by molar-refractivity contribution is 7.88. The number of benzene rings is 2. The third kappa shape index (κ3) is 4.68. The van der Waals surface area contributed by atoms with E-state index in [9.17, 15) is 8.42 Å². The molecule has 26 heavy (non-hydrogen) atoms. The average Bonchev–Trinajstić information content (AvgIpc) is 3.11. The molecule has 7 nitrogen and oxygen atoms in total. The van der Waals surface area contributed by atoms with Gasteiger partial charge in [-0.15, -0.1) is 0 Å². The quantitative estimate of drug-likeness (QED) is 0.684. The molecule has 0 aliphatic carbocycles. The molecule has 0 spiro atoms. The number of aromatic nitrogens is 2. The van der Waals surface area contributed by atoms with E-state index in [-0.39, 0.29) is 18.2 Å². The first-order valence-electron chi connectivity index (χ1n) is 7.95. The zero-order valence-electron chi connectivity index (χ0n) is 14.5. The number of sulfonamides is 1. The summed E-state index contributed by atoms with van der Waals surface area (Å²) in [7, 11) is -1.92. The van der Waals surface area contributed by atoms with Gasteiger partial charge >= 0.3 is 0 Å². The summed E-state index contributed by atoms with van der Waals surface area (Å²) in [4.78, 5) is 4.21. The topological polar surface area (TPSA) is 94.3 Å². The number of methoxy groups -OCH3 is 1. The molecule has 0 aliphatic heterocycles. The molecule has 0 radical (unpaired) electrons. The van der Waals surface area contributed by atoms with Crippen molar-refractivity contribution in [1.29, 1.82) is 0 Å². The third-order valence-corrected chi connectivity index (χ3v) is 5.03. The number of hydrogen-bond donors (Lipinski definition) is 1. The molecule has 0 unspecified atom stereocenters. The van der Waals surface area contributed by atoms with Gasteiger partial charge in [-0.25, -0.2) is 13.1 Å². The third-order valence-electron chi connectivity index (χ3n) is 3.74. The van der Waals surface area contributed by atoms with Crippen molar-refractivity contribution < 1.29 is 17.7 Å². The Kier molecular flexibility index (Phi) is 5.34. The van der Waals surface area contributed by atoms with E-state index in [0.29, 0.717) is 11.4 Å². The minimum absolute atomic E-state index is 0.0582. The number of nitrogens with zero attached hydrogens (tertiary/aromatic N) is 2. The van der Waals surface area contributed by atoms with Crippen LogP contribution >= 0.6 is 0 Å². The molecule has 0 saturated heterocycles. The van der Waals surface area contributed by atoms with Crippen LogP contribution in [0, 0.1) is 6.92 Å². The molecule has 3 aromatic rings. The van der Waals surface area contributed by atoms with Crippen LogP contribution in [0.15, 0.2) is 53.1 Å². The Morgan fingerprint density at radius 3 is 2.42 bits per heavy atom. The fourth-order valence-corrected chi connectivity index (χ4v) is 3.39. The maximum atomic E-state index is 12.2. The van der Waals surface area contributed by atoms with Gasteiger partial charge in [-0.3, -0.25) is 0 Å². The Bertz CT molecular complexity index is 964. The molecule has 8 heteroatoms. The molecule has 1 N–H and O–H groups in total. The van der Waals surface area contributed by atoms with Crippen molar-refractivity contribution in [2.45, 2.75) is 19.2 Å². The molecule has 0 fully saturated rings. The van der Waals surface area contributed by atoms with E-state index in [0.717, 1.165) is 16.9 Å². The van der Waals surface area contributed by atoms with Crippen molar-refractivity contribution >= 4 is 10.0 Å². The number of ether oxygens (including phenoxy) is 1. The molecule has 0 amide bonds. The van der Waals surface area contributed by atoms with Gasteiger partial charge in [-0.2, -0.15) is 4.98 Å². The highest BCUT2D eigenvalue weighted by Gasteiger charge is 2.15. The summed E-state index contributed by atoms with van der Waals surface area (Å²) in [6, 6.07) is 14.5. The summed E-state index contributed by atoms with van der Waals surface area (Å²) in [6.07, 6.45) is 0. The van der Waals surface area contributed by atoms with E-state index in [2.05, 4.69) is 14.9 Å². The summed E-state index contributed by atoms with van der Waals surface area (Å²) in [6.45, 7) is 1.89. The fourth-order valence-electron chi connectivity index (χ4n) is 2.31. The minimum atomic E-state index is -3.50. The zero-order chi connectivity index (χ0) is 18.6. The summed E-state index contributed by atoms with van der Waals surface area (Å²) in [5.41, 5.74) is 2.55. The Morgan fingerprint density at radius 2 is 1.77 bits per heavy atom. The standard InChI is InChI=1S/C18H19N3O4S/c1-13-3-5-14(6-4-13)12-26(22,23)19-11-17-20-18(21-25-17)15-7-9-16(24-2)10-8-15/h3-10,19H,11-12H2,1-2H3. The highest BCUT2D eigenvalue weighted by atomic mass is 32.2. The summed E-state index contributed by atoms with van der Waals surface area (Å²) >= 11 is 0. The number of nitrogens with one attached hydrogen (secondary N) is 1. The lowest BCUT2D eigenvalue weighted by molar-refractivity contribution is 0.376. The van der Waals surface area contributed by atoms with Crippen LogP contribution in [0.1, 0.15) is 17.0 Å². The number of aryl methyl sites for hydroxylation is 1. The Hall–Kier alpha value is -2.71. The van der Waals surface area contributed by atoms with Gasteiger partial charge in [-0.1, -0.05) is 35.0 Å². The number of hydrogen-bond acceptors (Lipinski definition) is 6. The first-order chi connectivity index (χ1) is 12.4. The fraction of sp³-hybridized carbons (Fsp3) is 0.222. The zero-order valence-corrected chi connectivity index (χ0v) is 15.3. The Morgan fingerprint density at radius 1 is 1.08 bits per heavy atom. The largest absolute Gasteiger partial charge is 0.497 e. The molecule has 1 heterocycles. The molecular weight excluding hydrogens is 354 g/mol. The molecule has 1 aromatic heterocycles. The first kappa shape index (κ1) is 18.1. The van der Waals surface area contributed by atoms with Gasteiger partial charge < -0.3 is 9.26 Å². The van der Waals surface area contributed by atoms with Crippen molar-refractivity contribution in [3.05, 3.63) is 65.5 Å². The van der Waals surface area contributed by atoms with Crippen LogP contribution in [-0.4, -0.2) is 25.7 Å². The highest BCUT2D eigenvalue weighted by Crippen LogP contribution is 2.19.